The van der Waals surface area contributed by atoms with E-state index >= 15 is 0 Å². The molecule has 0 aliphatic carbocycles. The first-order chi connectivity index (χ1) is 44.3. The Morgan fingerprint density at radius 3 is 0.711 bits per heavy atom. The number of nitrogens with zero attached hydrogens (tertiary/aromatic N) is 9. The van der Waals surface area contributed by atoms with Gasteiger partial charge in [0.15, 0.2) is 0 Å². The minimum absolute atomic E-state index is 0.900. The summed E-state index contributed by atoms with van der Waals surface area (Å²) in [6.07, 6.45) is 41.9. The highest BCUT2D eigenvalue weighted by molar-refractivity contribution is 7.27. The molecular weight excluding hydrogens is 1160 g/mol. The normalized spacial score (nSPS) is 12.3. The highest BCUT2D eigenvalue weighted by Gasteiger charge is 2.20. The van der Waals surface area contributed by atoms with Crippen molar-refractivity contribution in [2.45, 2.75) is 234 Å². The van der Waals surface area contributed by atoms with E-state index in [1.807, 2.05) is 34.0 Å². The van der Waals surface area contributed by atoms with Crippen molar-refractivity contribution in [1.82, 2.24) is 44.5 Å². The second-order valence-electron chi connectivity index (χ2n) is 26.3. The number of unbranched alkanes of at least 4 members (excludes halogenated alkanes) is 18. The van der Waals surface area contributed by atoms with Gasteiger partial charge >= 0.3 is 0 Å². The third-order valence-corrected chi connectivity index (χ3v) is 23.5. The molecule has 0 spiro atoms. The van der Waals surface area contributed by atoms with Crippen molar-refractivity contribution in [2.75, 3.05) is 0 Å². The summed E-state index contributed by atoms with van der Waals surface area (Å²) >= 11 is 6.02. The Hall–Kier alpha value is -6.60. The molecule has 468 valence electrons. The van der Waals surface area contributed by atoms with Gasteiger partial charge in [-0.25, -0.2) is 13.5 Å². The zero-order valence-corrected chi connectivity index (χ0v) is 57.1. The van der Waals surface area contributed by atoms with E-state index < -0.39 is 0 Å². The Balaban J connectivity index is 1.13. The number of rotatable bonds is 30. The van der Waals surface area contributed by atoms with Crippen molar-refractivity contribution in [2.24, 2.45) is 0 Å². The summed E-state index contributed by atoms with van der Waals surface area (Å²) in [6, 6.07) is 29.2. The monoisotopic (exact) mass is 1250 g/mol. The van der Waals surface area contributed by atoms with Crippen LogP contribution in [0, 0.1) is 0 Å². The standard InChI is InChI=1S/C78H93N9S3/c1-7-13-19-25-31-52-37-58-43-64-65-44-59(38-53(32-26-20-14-8-2)74(65)88-73(52)64)71-50-86(83-80-71)62-41-56(35-29-23-17-11-5)77-68(47-62)69-48-63(42-57(78(69)90-77)36-30-24-18-12-6)87-51-72(81-84-87)60-39-54(33-27-21-15-9-3)75-66(45-60)67-46-61(85-49-70(58)79-82-85)40-55(76(67)89-75)34-28-22-16-10-4/h37-51H,7-36H2,1-6H3. The molecular formula is C78H93N9S3. The lowest BCUT2D eigenvalue weighted by Crippen LogP contribution is -1.92. The minimum atomic E-state index is 0.900. The maximum Gasteiger partial charge on any atom is 0.113 e. The van der Waals surface area contributed by atoms with Gasteiger partial charge < -0.3 is 0 Å². The lowest BCUT2D eigenvalue weighted by molar-refractivity contribution is 0.668. The van der Waals surface area contributed by atoms with Crippen LogP contribution in [-0.4, -0.2) is 44.5 Å². The third kappa shape index (κ3) is 13.1. The first-order valence-corrected chi connectivity index (χ1v) is 37.6. The molecule has 18 bridgehead atoms. The van der Waals surface area contributed by atoms with E-state index in [1.54, 1.807) is 0 Å². The molecule has 90 heavy (non-hydrogen) atoms. The van der Waals surface area contributed by atoms with Crippen LogP contribution in [0.15, 0.2) is 91.4 Å². The third-order valence-electron chi connectivity index (χ3n) is 19.4. The van der Waals surface area contributed by atoms with Crippen molar-refractivity contribution < 1.29 is 0 Å². The van der Waals surface area contributed by atoms with Crippen LogP contribution < -0.4 is 0 Å². The number of thiophene rings is 3. The van der Waals surface area contributed by atoms with Crippen molar-refractivity contribution >= 4 is 144 Å². The van der Waals surface area contributed by atoms with Crippen molar-refractivity contribution in [1.29, 1.82) is 0 Å². The van der Waals surface area contributed by atoms with Gasteiger partial charge in [-0.05, 0) is 183 Å². The molecule has 0 aliphatic rings. The van der Waals surface area contributed by atoms with Crippen LogP contribution in [-0.2, 0) is 38.5 Å². The fourth-order valence-corrected chi connectivity index (χ4v) is 18.3. The van der Waals surface area contributed by atoms with E-state index in [4.69, 9.17) is 30.9 Å². The first-order valence-electron chi connectivity index (χ1n) is 35.2. The van der Waals surface area contributed by atoms with Gasteiger partial charge in [0, 0.05) is 76.7 Å². The van der Waals surface area contributed by atoms with E-state index in [-0.39, 0.29) is 0 Å². The van der Waals surface area contributed by atoms with Crippen molar-refractivity contribution in [3.05, 3.63) is 125 Å². The van der Waals surface area contributed by atoms with E-state index in [0.717, 1.165) is 126 Å². The van der Waals surface area contributed by atoms with Crippen LogP contribution in [0.4, 0.5) is 0 Å². The molecule has 12 heteroatoms. The van der Waals surface area contributed by atoms with Crippen molar-refractivity contribution in [3.63, 3.8) is 0 Å². The van der Waals surface area contributed by atoms with Crippen LogP contribution in [0.3, 0.4) is 0 Å². The predicted octanol–water partition coefficient (Wildman–Crippen LogP) is 23.8. The number of hydrogen-bond donors (Lipinski definition) is 0. The predicted molar refractivity (Wildman–Crippen MR) is 391 cm³/mol. The van der Waals surface area contributed by atoms with Gasteiger partial charge in [-0.15, -0.1) is 49.3 Å². The number of fused-ring (bicyclic) bond motifs is 18. The molecule has 0 atom stereocenters. The van der Waals surface area contributed by atoms with Gasteiger partial charge in [0.05, 0.1) is 35.1 Å². The molecule has 13 aromatic rings. The molecule has 0 unspecified atom stereocenters. The van der Waals surface area contributed by atoms with E-state index in [9.17, 15) is 0 Å². The summed E-state index contributed by atoms with van der Waals surface area (Å²) in [4.78, 5) is 0. The molecule has 6 aromatic carbocycles. The average Bonchev–Trinajstić information content (AvgIpc) is 1.64. The molecule has 9 nitrogen and oxygen atoms in total. The lowest BCUT2D eigenvalue weighted by atomic mass is 9.98. The highest BCUT2D eigenvalue weighted by atomic mass is 32.1. The largest absolute Gasteiger partial charge is 0.220 e. The number of aryl methyl sites for hydroxylation is 6. The Bertz CT molecular complexity index is 4030. The quantitative estimate of drug-likeness (QED) is 0.0417. The maximum atomic E-state index is 5.10. The van der Waals surface area contributed by atoms with Crippen LogP contribution in [0.2, 0.25) is 0 Å². The minimum Gasteiger partial charge on any atom is -0.220 e. The smallest absolute Gasteiger partial charge is 0.113 e. The summed E-state index contributed by atoms with van der Waals surface area (Å²) in [7, 11) is 0. The van der Waals surface area contributed by atoms with Crippen LogP contribution in [0.5, 0.6) is 0 Å². The fraction of sp³-hybridized carbons (Fsp3) is 0.462. The number of aromatic nitrogens is 9. The maximum absolute atomic E-state index is 5.10. The second-order valence-corrected chi connectivity index (χ2v) is 29.4. The van der Waals surface area contributed by atoms with Gasteiger partial charge in [0.2, 0.25) is 0 Å². The van der Waals surface area contributed by atoms with E-state index in [0.29, 0.717) is 0 Å². The summed E-state index contributed by atoms with van der Waals surface area (Å²) in [5.74, 6) is 0. The average molecular weight is 1250 g/mol. The zero-order valence-electron chi connectivity index (χ0n) is 54.6. The summed E-state index contributed by atoms with van der Waals surface area (Å²) < 4.78 is 14.6. The number of benzene rings is 6. The molecule has 7 heterocycles. The topological polar surface area (TPSA) is 90.6 Å². The summed E-state index contributed by atoms with van der Waals surface area (Å²) in [6.45, 7) is 13.9. The molecule has 0 aliphatic heterocycles. The molecule has 7 aromatic heterocycles. The van der Waals surface area contributed by atoms with Gasteiger partial charge in [0.25, 0.3) is 0 Å². The van der Waals surface area contributed by atoms with E-state index in [2.05, 4.69) is 146 Å². The fourth-order valence-electron chi connectivity index (χ4n) is 14.3. The molecule has 0 fully saturated rings. The van der Waals surface area contributed by atoms with E-state index in [1.165, 1.54) is 209 Å². The summed E-state index contributed by atoms with van der Waals surface area (Å²) in [5.41, 5.74) is 14.4. The van der Waals surface area contributed by atoms with Gasteiger partial charge in [0.1, 0.15) is 16.6 Å². The molecule has 13 rings (SSSR count). The lowest BCUT2D eigenvalue weighted by Gasteiger charge is -2.06. The number of hydrogen-bond acceptors (Lipinski definition) is 9. The Kier molecular flexibility index (Phi) is 20.0. The molecule has 0 saturated carbocycles. The highest BCUT2D eigenvalue weighted by Crippen LogP contribution is 2.45. The SMILES string of the molecule is CCCCCCc1cc2cc3c1sc1c(CCCCCC)cc(cc13)c1cn(nn1)c1cc(CCCCCC)c3sc4c(CCCCCC)cc(cc4c3c1)n1cc(nn1)c1cc(CCCCCC)c3sc4c(CCCCCC)cc(cc4c3c1)n1cc2nn1. The molecule has 0 amide bonds. The molecule has 0 N–H and O–H groups in total. The van der Waals surface area contributed by atoms with Gasteiger partial charge in [-0.2, -0.15) is 0 Å². The van der Waals surface area contributed by atoms with Crippen LogP contribution in [0.25, 0.3) is 110 Å². The molecule has 0 saturated heterocycles. The van der Waals surface area contributed by atoms with Crippen LogP contribution in [0.1, 0.15) is 229 Å². The van der Waals surface area contributed by atoms with Crippen LogP contribution >= 0.6 is 34.0 Å². The Morgan fingerprint density at radius 1 is 0.256 bits per heavy atom. The summed E-state index contributed by atoms with van der Waals surface area (Å²) in [5, 5.41) is 41.6. The van der Waals surface area contributed by atoms with Gasteiger partial charge in [-0.3, -0.25) is 0 Å². The zero-order chi connectivity index (χ0) is 61.5. The second kappa shape index (κ2) is 28.9. The Labute approximate surface area is 543 Å². The van der Waals surface area contributed by atoms with Gasteiger partial charge in [-0.1, -0.05) is 173 Å². The Morgan fingerprint density at radius 2 is 0.478 bits per heavy atom. The molecule has 0 radical (unpaired) electrons. The first kappa shape index (κ1) is 62.2. The van der Waals surface area contributed by atoms with Crippen molar-refractivity contribution in [3.8, 4) is 0 Å².